The molecule has 74 valence electrons. The molecule has 0 aromatic heterocycles. The fourth-order valence-electron chi connectivity index (χ4n) is 1.94. The smallest absolute Gasteiger partial charge is 0.0459 e. The molecule has 0 heterocycles. The summed E-state index contributed by atoms with van der Waals surface area (Å²) in [4.78, 5) is 0. The molecule has 3 heteroatoms. The largest absolute Gasteiger partial charge is 0.396 e. The van der Waals surface area contributed by atoms with E-state index >= 15 is 0 Å². The van der Waals surface area contributed by atoms with Gasteiger partial charge >= 0.3 is 0 Å². The SMILES string of the molecule is Cl.NCCC1CCC(CO)CC1. The molecular weight excluding hydrogens is 174 g/mol. The first kappa shape index (κ1) is 12.2. The summed E-state index contributed by atoms with van der Waals surface area (Å²) in [7, 11) is 0. The minimum atomic E-state index is 0. The molecular formula is C9H20ClNO. The van der Waals surface area contributed by atoms with Crippen molar-refractivity contribution < 1.29 is 5.11 Å². The third-order valence-electron chi connectivity index (χ3n) is 2.80. The topological polar surface area (TPSA) is 46.2 Å². The minimum Gasteiger partial charge on any atom is -0.396 e. The van der Waals surface area contributed by atoms with Crippen LogP contribution in [-0.4, -0.2) is 18.3 Å². The average molecular weight is 194 g/mol. The van der Waals surface area contributed by atoms with E-state index in [0.717, 1.165) is 12.5 Å². The van der Waals surface area contributed by atoms with Gasteiger partial charge in [-0.3, -0.25) is 0 Å². The van der Waals surface area contributed by atoms with E-state index in [4.69, 9.17) is 10.8 Å². The summed E-state index contributed by atoms with van der Waals surface area (Å²) < 4.78 is 0. The van der Waals surface area contributed by atoms with Gasteiger partial charge in [0.15, 0.2) is 0 Å². The molecule has 1 aliphatic rings. The predicted octanol–water partition coefficient (Wildman–Crippen LogP) is 1.56. The summed E-state index contributed by atoms with van der Waals surface area (Å²) in [6.45, 7) is 1.21. The first-order valence-corrected chi connectivity index (χ1v) is 4.67. The Kier molecular flexibility index (Phi) is 6.81. The lowest BCUT2D eigenvalue weighted by Gasteiger charge is -2.26. The lowest BCUT2D eigenvalue weighted by Crippen LogP contribution is -2.19. The van der Waals surface area contributed by atoms with Gasteiger partial charge < -0.3 is 10.8 Å². The molecule has 0 atom stereocenters. The highest BCUT2D eigenvalue weighted by molar-refractivity contribution is 5.85. The number of hydrogen-bond donors (Lipinski definition) is 2. The number of hydrogen-bond acceptors (Lipinski definition) is 2. The maximum absolute atomic E-state index is 8.88. The normalized spacial score (nSPS) is 29.5. The van der Waals surface area contributed by atoms with E-state index in [-0.39, 0.29) is 12.4 Å². The van der Waals surface area contributed by atoms with Crippen LogP contribution in [0.4, 0.5) is 0 Å². The highest BCUT2D eigenvalue weighted by Gasteiger charge is 2.19. The van der Waals surface area contributed by atoms with Crippen LogP contribution in [0.15, 0.2) is 0 Å². The lowest BCUT2D eigenvalue weighted by atomic mass is 9.81. The van der Waals surface area contributed by atoms with Crippen LogP contribution in [0.25, 0.3) is 0 Å². The second-order valence-corrected chi connectivity index (χ2v) is 3.65. The maximum atomic E-state index is 8.88. The summed E-state index contributed by atoms with van der Waals surface area (Å²) >= 11 is 0. The van der Waals surface area contributed by atoms with Crippen LogP contribution >= 0.6 is 12.4 Å². The van der Waals surface area contributed by atoms with E-state index in [9.17, 15) is 0 Å². The van der Waals surface area contributed by atoms with Gasteiger partial charge in [0.2, 0.25) is 0 Å². The lowest BCUT2D eigenvalue weighted by molar-refractivity contribution is 0.165. The van der Waals surface area contributed by atoms with Gasteiger partial charge in [0, 0.05) is 6.61 Å². The number of halogens is 1. The minimum absolute atomic E-state index is 0. The number of nitrogens with two attached hydrogens (primary N) is 1. The molecule has 0 radical (unpaired) electrons. The van der Waals surface area contributed by atoms with Crippen LogP contribution in [-0.2, 0) is 0 Å². The molecule has 1 aliphatic carbocycles. The molecule has 0 aliphatic heterocycles. The summed E-state index contributed by atoms with van der Waals surface area (Å²) in [6.07, 6.45) is 6.16. The first-order valence-electron chi connectivity index (χ1n) is 4.67. The predicted molar refractivity (Wildman–Crippen MR) is 53.5 cm³/mol. The summed E-state index contributed by atoms with van der Waals surface area (Å²) in [5.41, 5.74) is 5.48. The molecule has 0 bridgehead atoms. The van der Waals surface area contributed by atoms with E-state index in [1.165, 1.54) is 32.1 Å². The van der Waals surface area contributed by atoms with Gasteiger partial charge in [-0.05, 0) is 37.6 Å². The molecule has 0 unspecified atom stereocenters. The third-order valence-corrected chi connectivity index (χ3v) is 2.80. The number of aliphatic hydroxyl groups is 1. The van der Waals surface area contributed by atoms with Gasteiger partial charge in [0.1, 0.15) is 0 Å². The molecule has 12 heavy (non-hydrogen) atoms. The Labute approximate surface area is 80.9 Å². The molecule has 2 nitrogen and oxygen atoms in total. The van der Waals surface area contributed by atoms with E-state index in [2.05, 4.69) is 0 Å². The van der Waals surface area contributed by atoms with Crippen molar-refractivity contribution in [2.24, 2.45) is 17.6 Å². The van der Waals surface area contributed by atoms with Crippen molar-refractivity contribution in [3.05, 3.63) is 0 Å². The molecule has 3 N–H and O–H groups in total. The van der Waals surface area contributed by atoms with Gasteiger partial charge in [-0.2, -0.15) is 0 Å². The zero-order chi connectivity index (χ0) is 8.10. The van der Waals surface area contributed by atoms with Crippen LogP contribution in [0.3, 0.4) is 0 Å². The first-order chi connectivity index (χ1) is 5.36. The van der Waals surface area contributed by atoms with Crippen LogP contribution < -0.4 is 5.73 Å². The molecule has 0 amide bonds. The summed E-state index contributed by atoms with van der Waals surface area (Å²) in [5, 5.41) is 8.88. The maximum Gasteiger partial charge on any atom is 0.0459 e. The Bertz CT molecular complexity index is 103. The molecule has 1 fully saturated rings. The monoisotopic (exact) mass is 193 g/mol. The average Bonchev–Trinajstić information content (AvgIpc) is 2.07. The van der Waals surface area contributed by atoms with Crippen LogP contribution in [0.5, 0.6) is 0 Å². The van der Waals surface area contributed by atoms with E-state index < -0.39 is 0 Å². The number of rotatable bonds is 3. The fraction of sp³-hybridized carbons (Fsp3) is 1.00. The van der Waals surface area contributed by atoms with E-state index in [1.54, 1.807) is 0 Å². The van der Waals surface area contributed by atoms with Crippen molar-refractivity contribution in [3.63, 3.8) is 0 Å². The van der Waals surface area contributed by atoms with Crippen molar-refractivity contribution >= 4 is 12.4 Å². The highest BCUT2D eigenvalue weighted by Crippen LogP contribution is 2.29. The number of aliphatic hydroxyl groups excluding tert-OH is 1. The van der Waals surface area contributed by atoms with Crippen LogP contribution in [0, 0.1) is 11.8 Å². The van der Waals surface area contributed by atoms with Crippen LogP contribution in [0.2, 0.25) is 0 Å². The second-order valence-electron chi connectivity index (χ2n) is 3.65. The summed E-state index contributed by atoms with van der Waals surface area (Å²) in [6, 6.07) is 0. The molecule has 1 rings (SSSR count). The quantitative estimate of drug-likeness (QED) is 0.715. The van der Waals surface area contributed by atoms with E-state index in [1.807, 2.05) is 0 Å². The van der Waals surface area contributed by atoms with Crippen molar-refractivity contribution in [2.75, 3.05) is 13.2 Å². The zero-order valence-corrected chi connectivity index (χ0v) is 8.35. The Morgan fingerprint density at radius 3 is 2.00 bits per heavy atom. The van der Waals surface area contributed by atoms with Gasteiger partial charge in [-0.1, -0.05) is 12.8 Å². The Morgan fingerprint density at radius 2 is 1.58 bits per heavy atom. The van der Waals surface area contributed by atoms with Crippen molar-refractivity contribution in [2.45, 2.75) is 32.1 Å². The molecule has 0 aromatic carbocycles. The van der Waals surface area contributed by atoms with Gasteiger partial charge in [-0.15, -0.1) is 12.4 Å². The highest BCUT2D eigenvalue weighted by atomic mass is 35.5. The molecule has 0 saturated heterocycles. The molecule has 0 spiro atoms. The van der Waals surface area contributed by atoms with Crippen molar-refractivity contribution in [3.8, 4) is 0 Å². The van der Waals surface area contributed by atoms with E-state index in [0.29, 0.717) is 12.5 Å². The van der Waals surface area contributed by atoms with Gasteiger partial charge in [-0.25, -0.2) is 0 Å². The van der Waals surface area contributed by atoms with Crippen molar-refractivity contribution in [1.29, 1.82) is 0 Å². The second kappa shape index (κ2) is 6.70. The van der Waals surface area contributed by atoms with Crippen molar-refractivity contribution in [1.82, 2.24) is 0 Å². The van der Waals surface area contributed by atoms with Gasteiger partial charge in [0.05, 0.1) is 0 Å². The fourth-order valence-corrected chi connectivity index (χ4v) is 1.94. The Hall–Kier alpha value is 0.210. The third kappa shape index (κ3) is 3.74. The summed E-state index contributed by atoms with van der Waals surface area (Å²) in [5.74, 6) is 1.44. The van der Waals surface area contributed by atoms with Crippen LogP contribution in [0.1, 0.15) is 32.1 Å². The molecule has 0 aromatic rings. The Balaban J connectivity index is 0.00000121. The molecule has 1 saturated carbocycles. The van der Waals surface area contributed by atoms with Gasteiger partial charge in [0.25, 0.3) is 0 Å². The zero-order valence-electron chi connectivity index (χ0n) is 7.54. The standard InChI is InChI=1S/C9H19NO.ClH/c10-6-5-8-1-3-9(7-11)4-2-8;/h8-9,11H,1-7,10H2;1H. The Morgan fingerprint density at radius 1 is 1.08 bits per heavy atom.